The number of hydrogen-bond acceptors (Lipinski definition) is 2. The summed E-state index contributed by atoms with van der Waals surface area (Å²) in [5.41, 5.74) is 2.76. The predicted octanol–water partition coefficient (Wildman–Crippen LogP) is 3.51. The molecule has 2 aromatic rings. The maximum Gasteiger partial charge on any atom is 0.335 e. The molecule has 0 radical (unpaired) electrons. The zero-order valence-corrected chi connectivity index (χ0v) is 12.6. The Morgan fingerprint density at radius 1 is 1.43 bits per heavy atom. The lowest BCUT2D eigenvalue weighted by atomic mass is 9.79. The van der Waals surface area contributed by atoms with Gasteiger partial charge in [0.2, 0.25) is 0 Å². The summed E-state index contributed by atoms with van der Waals surface area (Å²) in [7, 11) is 0. The van der Waals surface area contributed by atoms with E-state index in [1.54, 1.807) is 12.3 Å². The van der Waals surface area contributed by atoms with Crippen LogP contribution < -0.4 is 0 Å². The van der Waals surface area contributed by atoms with Crippen LogP contribution in [-0.4, -0.2) is 20.6 Å². The maximum absolute atomic E-state index is 11.3. The van der Waals surface area contributed by atoms with E-state index in [1.807, 2.05) is 18.6 Å². The smallest absolute Gasteiger partial charge is 0.335 e. The highest BCUT2D eigenvalue weighted by atomic mass is 35.5. The van der Waals surface area contributed by atoms with Crippen LogP contribution in [0.2, 0.25) is 0 Å². The van der Waals surface area contributed by atoms with Gasteiger partial charge in [0.1, 0.15) is 0 Å². The average Bonchev–Trinajstić information content (AvgIpc) is 2.97. The summed E-state index contributed by atoms with van der Waals surface area (Å²) in [6, 6.07) is 5.69. The first-order valence-corrected chi connectivity index (χ1v) is 7.06. The molecule has 0 saturated carbocycles. The number of rotatable bonds is 4. The van der Waals surface area contributed by atoms with E-state index >= 15 is 0 Å². The Morgan fingerprint density at radius 2 is 2.29 bits per heavy atom. The van der Waals surface area contributed by atoms with Gasteiger partial charge in [-0.1, -0.05) is 12.1 Å². The first-order chi connectivity index (χ1) is 9.75. The summed E-state index contributed by atoms with van der Waals surface area (Å²) in [5, 5.41) is 9.29. The van der Waals surface area contributed by atoms with E-state index in [0.717, 1.165) is 37.8 Å². The molecule has 1 aliphatic rings. The Kier molecular flexibility index (Phi) is 5.02. The fourth-order valence-electron chi connectivity index (χ4n) is 3.17. The van der Waals surface area contributed by atoms with Crippen molar-refractivity contribution in [1.82, 2.24) is 9.55 Å². The van der Waals surface area contributed by atoms with Crippen molar-refractivity contribution in [2.45, 2.75) is 38.1 Å². The fraction of sp³-hybridized carbons (Fsp3) is 0.375. The normalized spacial score (nSPS) is 16.9. The van der Waals surface area contributed by atoms with Crippen LogP contribution in [0.5, 0.6) is 0 Å². The van der Waals surface area contributed by atoms with Crippen molar-refractivity contribution in [3.05, 3.63) is 53.6 Å². The molecule has 0 bridgehead atoms. The Labute approximate surface area is 130 Å². The lowest BCUT2D eigenvalue weighted by Crippen LogP contribution is -2.15. The molecule has 0 aliphatic heterocycles. The number of aromatic carboxylic acids is 1. The second kappa shape index (κ2) is 6.76. The van der Waals surface area contributed by atoms with Gasteiger partial charge in [-0.2, -0.15) is 0 Å². The molecule has 3 rings (SSSR count). The van der Waals surface area contributed by atoms with Crippen molar-refractivity contribution >= 4 is 18.4 Å². The highest BCUT2D eigenvalue weighted by Gasteiger charge is 2.23. The maximum atomic E-state index is 11.3. The molecule has 112 valence electrons. The molecule has 0 fully saturated rings. The number of carboxylic acids is 1. The van der Waals surface area contributed by atoms with Crippen molar-refractivity contribution < 1.29 is 9.90 Å². The molecule has 0 spiro atoms. The second-order valence-electron chi connectivity index (χ2n) is 5.36. The minimum atomic E-state index is -0.808. The van der Waals surface area contributed by atoms with Crippen LogP contribution in [0, 0.1) is 0 Å². The topological polar surface area (TPSA) is 55.1 Å². The molecule has 4 nitrogen and oxygen atoms in total. The molecule has 0 saturated heterocycles. The van der Waals surface area contributed by atoms with Crippen LogP contribution in [0.4, 0.5) is 0 Å². The Balaban J connectivity index is 0.00000161. The summed E-state index contributed by atoms with van der Waals surface area (Å²) in [5.74, 6) is -0.349. The number of hydrogen-bond donors (Lipinski definition) is 1. The summed E-state index contributed by atoms with van der Waals surface area (Å²) < 4.78 is 2.08. The van der Waals surface area contributed by atoms with E-state index in [4.69, 9.17) is 0 Å². The molecule has 1 heterocycles. The van der Waals surface area contributed by atoms with Gasteiger partial charge < -0.3 is 9.67 Å². The third-order valence-corrected chi connectivity index (χ3v) is 4.16. The second-order valence-corrected chi connectivity index (χ2v) is 5.36. The quantitative estimate of drug-likeness (QED) is 0.940. The molecule has 0 amide bonds. The van der Waals surface area contributed by atoms with Crippen LogP contribution in [0.15, 0.2) is 36.9 Å². The summed E-state index contributed by atoms with van der Waals surface area (Å²) >= 11 is 0. The summed E-state index contributed by atoms with van der Waals surface area (Å²) in [4.78, 5) is 15.4. The lowest BCUT2D eigenvalue weighted by molar-refractivity contribution is 0.0695. The molecule has 21 heavy (non-hydrogen) atoms. The zero-order chi connectivity index (χ0) is 13.9. The number of carboxylic acid groups (broad SMARTS) is 1. The van der Waals surface area contributed by atoms with Crippen molar-refractivity contribution in [1.29, 1.82) is 0 Å². The van der Waals surface area contributed by atoms with E-state index in [9.17, 15) is 9.90 Å². The third-order valence-electron chi connectivity index (χ3n) is 4.16. The van der Waals surface area contributed by atoms with Gasteiger partial charge >= 0.3 is 5.97 Å². The molecule has 1 N–H and O–H groups in total. The molecule has 1 aliphatic carbocycles. The van der Waals surface area contributed by atoms with Gasteiger partial charge in [-0.05, 0) is 48.8 Å². The summed E-state index contributed by atoms with van der Waals surface area (Å²) in [6.07, 6.45) is 9.73. The van der Waals surface area contributed by atoms with Crippen LogP contribution in [-0.2, 0) is 13.0 Å². The number of aryl methyl sites for hydroxylation is 1. The van der Waals surface area contributed by atoms with Crippen molar-refractivity contribution in [3.8, 4) is 0 Å². The first kappa shape index (κ1) is 15.6. The van der Waals surface area contributed by atoms with E-state index in [0.29, 0.717) is 11.5 Å². The third kappa shape index (κ3) is 3.27. The summed E-state index contributed by atoms with van der Waals surface area (Å²) in [6.45, 7) is 0.932. The van der Waals surface area contributed by atoms with Gasteiger partial charge in [0.15, 0.2) is 0 Å². The number of carbonyl (C=O) groups is 1. The molecule has 1 atom stereocenters. The van der Waals surface area contributed by atoms with Crippen LogP contribution >= 0.6 is 12.4 Å². The molecule has 5 heteroatoms. The van der Waals surface area contributed by atoms with E-state index in [-0.39, 0.29) is 12.4 Å². The Morgan fingerprint density at radius 3 is 3.00 bits per heavy atom. The van der Waals surface area contributed by atoms with Gasteiger partial charge in [0.05, 0.1) is 11.9 Å². The number of benzene rings is 1. The van der Waals surface area contributed by atoms with E-state index in [2.05, 4.69) is 15.6 Å². The fourth-order valence-corrected chi connectivity index (χ4v) is 3.17. The molecule has 1 unspecified atom stereocenters. The van der Waals surface area contributed by atoms with Gasteiger partial charge in [-0.3, -0.25) is 0 Å². The number of aromatic nitrogens is 2. The minimum Gasteiger partial charge on any atom is -0.478 e. The molecule has 1 aromatic carbocycles. The predicted molar refractivity (Wildman–Crippen MR) is 83.2 cm³/mol. The monoisotopic (exact) mass is 306 g/mol. The standard InChI is InChI=1S/C16H18N2O2.ClH/c19-16(20)15-6-2-4-13-12(3-1-5-14(13)15)7-9-18-10-8-17-11-18;/h2,4,6,8,10-12H,1,3,5,7,9H2,(H,19,20);1H. The highest BCUT2D eigenvalue weighted by molar-refractivity contribution is 5.90. The number of nitrogens with zero attached hydrogens (tertiary/aromatic N) is 2. The highest BCUT2D eigenvalue weighted by Crippen LogP contribution is 2.35. The van der Waals surface area contributed by atoms with Crippen LogP contribution in [0.25, 0.3) is 0 Å². The first-order valence-electron chi connectivity index (χ1n) is 7.06. The van der Waals surface area contributed by atoms with Gasteiger partial charge in [0.25, 0.3) is 0 Å². The average molecular weight is 307 g/mol. The Bertz CT molecular complexity index is 611. The molecular weight excluding hydrogens is 288 g/mol. The van der Waals surface area contributed by atoms with Crippen molar-refractivity contribution in [3.63, 3.8) is 0 Å². The van der Waals surface area contributed by atoms with Crippen molar-refractivity contribution in [2.24, 2.45) is 0 Å². The largest absolute Gasteiger partial charge is 0.478 e. The zero-order valence-electron chi connectivity index (χ0n) is 11.7. The van der Waals surface area contributed by atoms with Crippen molar-refractivity contribution in [2.75, 3.05) is 0 Å². The van der Waals surface area contributed by atoms with E-state index in [1.165, 1.54) is 5.56 Å². The number of imidazole rings is 1. The Hall–Kier alpha value is -1.81. The van der Waals surface area contributed by atoms with Gasteiger partial charge in [0, 0.05) is 18.9 Å². The SMILES string of the molecule is Cl.O=C(O)c1cccc2c1CCCC2CCn1ccnc1. The van der Waals surface area contributed by atoms with Crippen LogP contribution in [0.3, 0.4) is 0 Å². The van der Waals surface area contributed by atoms with Crippen LogP contribution in [0.1, 0.15) is 46.7 Å². The molecule has 1 aromatic heterocycles. The minimum absolute atomic E-state index is 0. The van der Waals surface area contributed by atoms with E-state index < -0.39 is 5.97 Å². The van der Waals surface area contributed by atoms with Gasteiger partial charge in [-0.25, -0.2) is 9.78 Å². The van der Waals surface area contributed by atoms with Gasteiger partial charge in [-0.15, -0.1) is 12.4 Å². The lowest BCUT2D eigenvalue weighted by Gasteiger charge is -2.26. The molecular formula is C16H19ClN2O2. The number of fused-ring (bicyclic) bond motifs is 1. The number of halogens is 1.